The maximum atomic E-state index is 2.43. The van der Waals surface area contributed by atoms with E-state index in [-0.39, 0.29) is 0 Å². The number of anilines is 3. The van der Waals surface area contributed by atoms with E-state index in [0.29, 0.717) is 0 Å². The van der Waals surface area contributed by atoms with Crippen molar-refractivity contribution < 1.29 is 0 Å². The smallest absolute Gasteiger partial charge is 0.0540 e. The summed E-state index contributed by atoms with van der Waals surface area (Å²) >= 11 is 0. The lowest BCUT2D eigenvalue weighted by atomic mass is 9.88. The molecule has 0 spiro atoms. The summed E-state index contributed by atoms with van der Waals surface area (Å²) in [6, 6.07) is 80.8. The van der Waals surface area contributed by atoms with Gasteiger partial charge in [0.1, 0.15) is 0 Å². The van der Waals surface area contributed by atoms with E-state index in [1.807, 2.05) is 0 Å². The molecule has 0 aliphatic carbocycles. The third-order valence-electron chi connectivity index (χ3n) is 10.1. The number of hydrogen-bond donors (Lipinski definition) is 0. The van der Waals surface area contributed by atoms with E-state index < -0.39 is 0 Å². The first-order valence-corrected chi connectivity index (χ1v) is 18.2. The Balaban J connectivity index is 1.19. The number of para-hydroxylation sites is 1. The summed E-state index contributed by atoms with van der Waals surface area (Å²) in [5, 5.41) is 2.41. The molecule has 1 heteroatoms. The quantitative estimate of drug-likeness (QED) is 0.155. The van der Waals surface area contributed by atoms with Crippen molar-refractivity contribution in [3.05, 3.63) is 224 Å². The van der Waals surface area contributed by atoms with E-state index in [0.717, 1.165) is 17.1 Å². The van der Waals surface area contributed by atoms with Crippen LogP contribution in [0.1, 0.15) is 0 Å². The predicted molar refractivity (Wildman–Crippen MR) is 226 cm³/mol. The molecular weight excluding hydrogens is 639 g/mol. The third kappa shape index (κ3) is 6.30. The normalized spacial score (nSPS) is 11.0. The number of nitrogens with zero attached hydrogens (tertiary/aromatic N) is 1. The average molecular weight is 676 g/mol. The van der Waals surface area contributed by atoms with Crippen LogP contribution < -0.4 is 4.90 Å². The molecule has 0 unspecified atom stereocenters. The van der Waals surface area contributed by atoms with Crippen molar-refractivity contribution in [3.8, 4) is 55.6 Å². The van der Waals surface area contributed by atoms with E-state index in [1.54, 1.807) is 0 Å². The number of benzene rings is 9. The van der Waals surface area contributed by atoms with Crippen molar-refractivity contribution >= 4 is 27.8 Å². The van der Waals surface area contributed by atoms with Gasteiger partial charge in [0, 0.05) is 16.6 Å². The first-order valence-electron chi connectivity index (χ1n) is 18.2. The van der Waals surface area contributed by atoms with Crippen molar-refractivity contribution in [2.75, 3.05) is 4.90 Å². The van der Waals surface area contributed by atoms with Gasteiger partial charge in [-0.25, -0.2) is 0 Å². The van der Waals surface area contributed by atoms with Gasteiger partial charge in [-0.05, 0) is 79.7 Å². The van der Waals surface area contributed by atoms with Crippen LogP contribution in [0.15, 0.2) is 224 Å². The van der Waals surface area contributed by atoms with Crippen molar-refractivity contribution in [3.63, 3.8) is 0 Å². The van der Waals surface area contributed by atoms with E-state index in [2.05, 4.69) is 229 Å². The Morgan fingerprint density at radius 2 is 0.623 bits per heavy atom. The summed E-state index contributed by atoms with van der Waals surface area (Å²) in [7, 11) is 0. The van der Waals surface area contributed by atoms with Gasteiger partial charge < -0.3 is 4.90 Å². The Labute approximate surface area is 311 Å². The van der Waals surface area contributed by atoms with Crippen molar-refractivity contribution in [1.29, 1.82) is 0 Å². The Kier molecular flexibility index (Phi) is 8.66. The lowest BCUT2D eigenvalue weighted by molar-refractivity contribution is 1.30. The highest BCUT2D eigenvalue weighted by molar-refractivity contribution is 6.03. The van der Waals surface area contributed by atoms with Crippen LogP contribution in [-0.2, 0) is 0 Å². The molecule has 0 aliphatic heterocycles. The van der Waals surface area contributed by atoms with Crippen LogP contribution in [0.2, 0.25) is 0 Å². The average Bonchev–Trinajstić information content (AvgIpc) is 3.25. The van der Waals surface area contributed by atoms with Crippen molar-refractivity contribution in [1.82, 2.24) is 0 Å². The first kappa shape index (κ1) is 32.0. The Morgan fingerprint density at radius 1 is 0.226 bits per heavy atom. The van der Waals surface area contributed by atoms with E-state index in [1.165, 1.54) is 66.4 Å². The zero-order valence-corrected chi connectivity index (χ0v) is 29.3. The van der Waals surface area contributed by atoms with Gasteiger partial charge in [-0.2, -0.15) is 0 Å². The summed E-state index contributed by atoms with van der Waals surface area (Å²) in [5.74, 6) is 0. The molecule has 0 atom stereocenters. The summed E-state index contributed by atoms with van der Waals surface area (Å²) in [6.45, 7) is 0. The van der Waals surface area contributed by atoms with Crippen LogP contribution in [0.4, 0.5) is 17.1 Å². The zero-order valence-electron chi connectivity index (χ0n) is 29.3. The lowest BCUT2D eigenvalue weighted by Crippen LogP contribution is -2.12. The minimum absolute atomic E-state index is 1.10. The topological polar surface area (TPSA) is 3.24 Å². The minimum atomic E-state index is 1.10. The van der Waals surface area contributed by atoms with Crippen molar-refractivity contribution in [2.24, 2.45) is 0 Å². The Hall–Kier alpha value is -6.96. The van der Waals surface area contributed by atoms with Gasteiger partial charge >= 0.3 is 0 Å². The Bertz CT molecular complexity index is 2640. The van der Waals surface area contributed by atoms with Crippen LogP contribution in [0.5, 0.6) is 0 Å². The zero-order chi connectivity index (χ0) is 35.4. The van der Waals surface area contributed by atoms with Gasteiger partial charge in [0.05, 0.1) is 11.4 Å². The fourth-order valence-corrected chi connectivity index (χ4v) is 7.54. The minimum Gasteiger partial charge on any atom is -0.309 e. The van der Waals surface area contributed by atoms with Gasteiger partial charge in [0.2, 0.25) is 0 Å². The maximum Gasteiger partial charge on any atom is 0.0540 e. The van der Waals surface area contributed by atoms with Gasteiger partial charge in [-0.1, -0.05) is 200 Å². The molecule has 0 radical (unpaired) electrons. The second-order valence-corrected chi connectivity index (χ2v) is 13.3. The lowest BCUT2D eigenvalue weighted by Gasteiger charge is -2.29. The molecule has 0 aliphatic rings. The third-order valence-corrected chi connectivity index (χ3v) is 10.1. The van der Waals surface area contributed by atoms with E-state index in [9.17, 15) is 0 Å². The van der Waals surface area contributed by atoms with E-state index in [4.69, 9.17) is 0 Å². The molecule has 0 bridgehead atoms. The second-order valence-electron chi connectivity index (χ2n) is 13.3. The monoisotopic (exact) mass is 675 g/mol. The molecule has 0 N–H and O–H groups in total. The molecule has 9 aromatic rings. The molecule has 250 valence electrons. The predicted octanol–water partition coefficient (Wildman–Crippen LogP) is 14.6. The maximum absolute atomic E-state index is 2.43. The summed E-state index contributed by atoms with van der Waals surface area (Å²) in [6.07, 6.45) is 0. The fraction of sp³-hybridized carbons (Fsp3) is 0. The molecule has 9 aromatic carbocycles. The van der Waals surface area contributed by atoms with Gasteiger partial charge in [-0.3, -0.25) is 0 Å². The highest BCUT2D eigenvalue weighted by Crippen LogP contribution is 2.46. The number of hydrogen-bond acceptors (Lipinski definition) is 1. The molecule has 0 heterocycles. The molecular formula is C52H37N. The molecule has 1 nitrogen and oxygen atoms in total. The van der Waals surface area contributed by atoms with Gasteiger partial charge in [0.15, 0.2) is 0 Å². The van der Waals surface area contributed by atoms with Crippen LogP contribution in [0.25, 0.3) is 66.4 Å². The van der Waals surface area contributed by atoms with Crippen LogP contribution >= 0.6 is 0 Å². The molecule has 0 amide bonds. The SMILES string of the molecule is c1ccc(-c2ccc(-c3ccc(N(c4ccccc4-c4ccccc4-c4ccccc4-c4ccccc4)c4cccc5ccccc45)cc3)cc2)cc1. The molecule has 0 saturated heterocycles. The number of rotatable bonds is 8. The number of fused-ring (bicyclic) bond motifs is 1. The second kappa shape index (κ2) is 14.3. The van der Waals surface area contributed by atoms with Gasteiger partial charge in [-0.15, -0.1) is 0 Å². The van der Waals surface area contributed by atoms with Crippen LogP contribution in [0, 0.1) is 0 Å². The largest absolute Gasteiger partial charge is 0.309 e. The summed E-state index contributed by atoms with van der Waals surface area (Å²) < 4.78 is 0. The molecule has 0 saturated carbocycles. The van der Waals surface area contributed by atoms with Crippen LogP contribution in [-0.4, -0.2) is 0 Å². The molecule has 9 rings (SSSR count). The van der Waals surface area contributed by atoms with Gasteiger partial charge in [0.25, 0.3) is 0 Å². The van der Waals surface area contributed by atoms with Crippen LogP contribution in [0.3, 0.4) is 0 Å². The Morgan fingerprint density at radius 3 is 1.26 bits per heavy atom. The highest BCUT2D eigenvalue weighted by Gasteiger charge is 2.21. The highest BCUT2D eigenvalue weighted by atomic mass is 15.1. The standard InChI is InChI=1S/C52H37N/c1-3-16-38(17-4-1)39-30-32-40(33-31-39)41-34-36-44(37-35-41)53(51-29-15-21-43-20-7-8-23-46(43)51)52-28-14-13-27-50(52)49-26-12-11-25-48(49)47-24-10-9-22-45(47)42-18-5-2-6-19-42/h1-37H. The molecule has 0 fully saturated rings. The summed E-state index contributed by atoms with van der Waals surface area (Å²) in [5.41, 5.74) is 15.4. The first-order chi connectivity index (χ1) is 26.3. The summed E-state index contributed by atoms with van der Waals surface area (Å²) in [4.78, 5) is 2.43. The molecule has 0 aromatic heterocycles. The molecule has 53 heavy (non-hydrogen) atoms. The van der Waals surface area contributed by atoms with E-state index >= 15 is 0 Å². The van der Waals surface area contributed by atoms with Crippen molar-refractivity contribution in [2.45, 2.75) is 0 Å². The fourth-order valence-electron chi connectivity index (χ4n) is 7.54.